The highest BCUT2D eigenvalue weighted by atomic mass is 19.4. The lowest BCUT2D eigenvalue weighted by Gasteiger charge is -2.13. The number of allylic oxidation sites excluding steroid dienone is 1. The summed E-state index contributed by atoms with van der Waals surface area (Å²) in [6.45, 7) is 0. The minimum absolute atomic E-state index is 0.0472. The van der Waals surface area contributed by atoms with E-state index in [4.69, 9.17) is 0 Å². The summed E-state index contributed by atoms with van der Waals surface area (Å²) in [6.07, 6.45) is -9.39. The lowest BCUT2D eigenvalue weighted by atomic mass is 10.0. The highest BCUT2D eigenvalue weighted by Gasteiger charge is 2.42. The zero-order valence-electron chi connectivity index (χ0n) is 15.1. The number of aromatic nitrogens is 2. The maximum Gasteiger partial charge on any atom is 0.435 e. The molecule has 31 heavy (non-hydrogen) atoms. The summed E-state index contributed by atoms with van der Waals surface area (Å²) in [5.74, 6) is -2.62. The Morgan fingerprint density at radius 1 is 0.935 bits per heavy atom. The van der Waals surface area contributed by atoms with E-state index in [-0.39, 0.29) is 16.3 Å². The predicted molar refractivity (Wildman–Crippen MR) is 93.4 cm³/mol. The van der Waals surface area contributed by atoms with E-state index in [0.29, 0.717) is 0 Å². The molecule has 2 aromatic carbocycles. The fraction of sp³-hybridized carbons (Fsp3) is 0.100. The van der Waals surface area contributed by atoms with Crippen LogP contribution in [-0.4, -0.2) is 9.78 Å². The third-order valence-electron chi connectivity index (χ3n) is 4.12. The zero-order valence-corrected chi connectivity index (χ0v) is 15.1. The van der Waals surface area contributed by atoms with Gasteiger partial charge in [-0.05, 0) is 18.2 Å². The Bertz CT molecular complexity index is 1200. The van der Waals surface area contributed by atoms with Crippen molar-refractivity contribution in [2.75, 3.05) is 0 Å². The van der Waals surface area contributed by atoms with E-state index in [0.717, 1.165) is 30.3 Å². The highest BCUT2D eigenvalue weighted by Crippen LogP contribution is 2.37. The number of alkyl halides is 6. The molecule has 0 N–H and O–H groups in total. The molecule has 3 rings (SSSR count). The summed E-state index contributed by atoms with van der Waals surface area (Å²) in [5.41, 5.74) is -5.02. The van der Waals surface area contributed by atoms with Gasteiger partial charge >= 0.3 is 12.4 Å². The lowest BCUT2D eigenvalue weighted by molar-refractivity contribution is -0.143. The van der Waals surface area contributed by atoms with Gasteiger partial charge in [-0.15, -0.1) is 0 Å². The molecule has 0 atom stereocenters. The number of nitriles is 1. The number of benzene rings is 2. The zero-order chi connectivity index (χ0) is 23.0. The van der Waals surface area contributed by atoms with Crippen LogP contribution >= 0.6 is 0 Å². The Morgan fingerprint density at radius 2 is 1.61 bits per heavy atom. The molecule has 1 heterocycles. The van der Waals surface area contributed by atoms with Gasteiger partial charge in [0.05, 0.1) is 17.3 Å². The molecule has 160 valence electrons. The van der Waals surface area contributed by atoms with Crippen LogP contribution in [0.15, 0.2) is 48.5 Å². The van der Waals surface area contributed by atoms with Gasteiger partial charge in [0.25, 0.3) is 0 Å². The molecule has 0 saturated heterocycles. The molecule has 0 fully saturated rings. The minimum atomic E-state index is -5.18. The first-order valence-corrected chi connectivity index (χ1v) is 8.33. The van der Waals surface area contributed by atoms with Gasteiger partial charge in [0.15, 0.2) is 17.3 Å². The predicted octanol–water partition coefficient (Wildman–Crippen LogP) is 6.25. The standard InChI is InChI=1S/C20H9F8N3/c21-14-6-3-5-13(18(14)22)12(10-29)8-11-4-1-2-7-15(11)31-17(20(26,27)28)9-16(30-31)19(23,24)25/h1-9H. The van der Waals surface area contributed by atoms with Crippen molar-refractivity contribution >= 4 is 11.6 Å². The minimum Gasteiger partial charge on any atom is -0.227 e. The van der Waals surface area contributed by atoms with Gasteiger partial charge in [-0.3, -0.25) is 0 Å². The average molecular weight is 443 g/mol. The number of hydrogen-bond donors (Lipinski definition) is 0. The van der Waals surface area contributed by atoms with E-state index in [9.17, 15) is 40.4 Å². The molecule has 3 nitrogen and oxygen atoms in total. The Balaban J connectivity index is 2.24. The van der Waals surface area contributed by atoms with Gasteiger partial charge < -0.3 is 0 Å². The normalized spacial score (nSPS) is 12.7. The number of halogens is 8. The summed E-state index contributed by atoms with van der Waals surface area (Å²) >= 11 is 0. The Hall–Kier alpha value is -3.68. The summed E-state index contributed by atoms with van der Waals surface area (Å²) < 4.78 is 107. The molecule has 0 amide bonds. The molecule has 0 bridgehead atoms. The van der Waals surface area contributed by atoms with Gasteiger partial charge in [0, 0.05) is 17.2 Å². The molecular formula is C20H9F8N3. The topological polar surface area (TPSA) is 41.6 Å². The smallest absolute Gasteiger partial charge is 0.227 e. The van der Waals surface area contributed by atoms with Crippen molar-refractivity contribution in [1.82, 2.24) is 9.78 Å². The third kappa shape index (κ3) is 4.42. The Morgan fingerprint density at radius 3 is 2.23 bits per heavy atom. The van der Waals surface area contributed by atoms with Crippen LogP contribution in [0, 0.1) is 23.0 Å². The molecular weight excluding hydrogens is 434 g/mol. The van der Waals surface area contributed by atoms with Crippen molar-refractivity contribution in [1.29, 1.82) is 5.26 Å². The second kappa shape index (κ2) is 7.86. The van der Waals surface area contributed by atoms with Gasteiger partial charge in [-0.1, -0.05) is 30.3 Å². The number of rotatable bonds is 3. The molecule has 0 aliphatic carbocycles. The third-order valence-corrected chi connectivity index (χ3v) is 4.12. The van der Waals surface area contributed by atoms with Crippen LogP contribution in [0.3, 0.4) is 0 Å². The molecule has 0 aliphatic rings. The second-order valence-electron chi connectivity index (χ2n) is 6.15. The monoisotopic (exact) mass is 443 g/mol. The number of para-hydroxylation sites is 1. The molecule has 0 spiro atoms. The van der Waals surface area contributed by atoms with Gasteiger partial charge in [0.1, 0.15) is 5.69 Å². The van der Waals surface area contributed by atoms with Crippen LogP contribution in [0.5, 0.6) is 0 Å². The van der Waals surface area contributed by atoms with Crippen LogP contribution in [0.1, 0.15) is 22.5 Å². The fourth-order valence-corrected chi connectivity index (χ4v) is 2.75. The van der Waals surface area contributed by atoms with E-state index < -0.39 is 52.2 Å². The van der Waals surface area contributed by atoms with Gasteiger partial charge in [0.2, 0.25) is 0 Å². The maximum absolute atomic E-state index is 14.1. The van der Waals surface area contributed by atoms with Crippen molar-refractivity contribution in [3.05, 3.63) is 82.7 Å². The number of hydrogen-bond acceptors (Lipinski definition) is 2. The van der Waals surface area contributed by atoms with Crippen LogP contribution < -0.4 is 0 Å². The Labute approximate surface area is 169 Å². The van der Waals surface area contributed by atoms with Crippen LogP contribution in [0.4, 0.5) is 35.1 Å². The van der Waals surface area contributed by atoms with Crippen LogP contribution in [0.25, 0.3) is 17.3 Å². The second-order valence-corrected chi connectivity index (χ2v) is 6.15. The van der Waals surface area contributed by atoms with Crippen LogP contribution in [-0.2, 0) is 12.4 Å². The van der Waals surface area contributed by atoms with E-state index in [1.807, 2.05) is 0 Å². The SMILES string of the molecule is N#CC(=Cc1ccccc1-n1nc(C(F)(F)F)cc1C(F)(F)F)c1cccc(F)c1F. The first kappa shape index (κ1) is 22.0. The van der Waals surface area contributed by atoms with Crippen molar-refractivity contribution in [3.63, 3.8) is 0 Å². The van der Waals surface area contributed by atoms with E-state index in [1.165, 1.54) is 18.2 Å². The average Bonchev–Trinajstić information content (AvgIpc) is 3.15. The van der Waals surface area contributed by atoms with Crippen molar-refractivity contribution in [2.45, 2.75) is 12.4 Å². The van der Waals surface area contributed by atoms with Gasteiger partial charge in [-0.25, -0.2) is 13.5 Å². The molecule has 1 aromatic heterocycles. The summed E-state index contributed by atoms with van der Waals surface area (Å²) in [7, 11) is 0. The fourth-order valence-electron chi connectivity index (χ4n) is 2.75. The van der Waals surface area contributed by atoms with Crippen LogP contribution in [0.2, 0.25) is 0 Å². The van der Waals surface area contributed by atoms with Gasteiger partial charge in [-0.2, -0.15) is 36.7 Å². The molecule has 11 heteroatoms. The Kier molecular flexibility index (Phi) is 5.59. The molecule has 0 radical (unpaired) electrons. The summed E-state index contributed by atoms with van der Waals surface area (Å²) in [6, 6.07) is 9.30. The maximum atomic E-state index is 14.1. The van der Waals surface area contributed by atoms with E-state index in [2.05, 4.69) is 5.10 Å². The lowest BCUT2D eigenvalue weighted by Crippen LogP contribution is -2.14. The van der Waals surface area contributed by atoms with E-state index >= 15 is 0 Å². The van der Waals surface area contributed by atoms with Crippen molar-refractivity contribution < 1.29 is 35.1 Å². The summed E-state index contributed by atoms with van der Waals surface area (Å²) in [4.78, 5) is 0. The first-order chi connectivity index (χ1) is 14.4. The first-order valence-electron chi connectivity index (χ1n) is 8.33. The van der Waals surface area contributed by atoms with Crippen molar-refractivity contribution in [2.24, 2.45) is 0 Å². The largest absolute Gasteiger partial charge is 0.435 e. The highest BCUT2D eigenvalue weighted by molar-refractivity contribution is 5.91. The number of nitrogens with zero attached hydrogens (tertiary/aromatic N) is 3. The molecule has 0 unspecified atom stereocenters. The molecule has 0 saturated carbocycles. The van der Waals surface area contributed by atoms with Crippen molar-refractivity contribution in [3.8, 4) is 11.8 Å². The molecule has 3 aromatic rings. The quantitative estimate of drug-likeness (QED) is 0.273. The van der Waals surface area contributed by atoms with E-state index in [1.54, 1.807) is 6.07 Å². The summed E-state index contributed by atoms with van der Waals surface area (Å²) in [5, 5.41) is 12.4. The molecule has 0 aliphatic heterocycles.